The summed E-state index contributed by atoms with van der Waals surface area (Å²) in [6.45, 7) is 1.68. The van der Waals surface area contributed by atoms with Gasteiger partial charge in [-0.05, 0) is 18.6 Å². The average molecular weight is 220 g/mol. The van der Waals surface area contributed by atoms with E-state index < -0.39 is 11.9 Å². The number of hydrogen-bond acceptors (Lipinski definition) is 3. The molecule has 0 bridgehead atoms. The maximum absolute atomic E-state index is 11.2. The number of carboxylic acid groups (broad SMARTS) is 1. The number of benzene rings is 1. The van der Waals surface area contributed by atoms with Crippen LogP contribution >= 0.6 is 0 Å². The van der Waals surface area contributed by atoms with E-state index in [1.807, 2.05) is 0 Å². The third kappa shape index (κ3) is 3.45. The predicted molar refractivity (Wildman–Crippen MR) is 56.0 cm³/mol. The van der Waals surface area contributed by atoms with Crippen molar-refractivity contribution in [3.63, 3.8) is 0 Å². The van der Waals surface area contributed by atoms with Crippen LogP contribution in [-0.2, 0) is 9.59 Å². The highest BCUT2D eigenvalue weighted by atomic mass is 16.4. The van der Waals surface area contributed by atoms with E-state index in [2.05, 4.69) is 5.32 Å². The van der Waals surface area contributed by atoms with E-state index in [-0.39, 0.29) is 5.75 Å². The molecule has 16 heavy (non-hydrogen) atoms. The number of amides is 1. The quantitative estimate of drug-likeness (QED) is 0.732. The minimum Gasteiger partial charge on any atom is -0.872 e. The maximum atomic E-state index is 11.2. The number of aryl methyl sites for hydroxylation is 1. The lowest BCUT2D eigenvalue weighted by atomic mass is 10.2. The van der Waals surface area contributed by atoms with Gasteiger partial charge in [0, 0.05) is 17.8 Å². The molecule has 0 saturated carbocycles. The van der Waals surface area contributed by atoms with Gasteiger partial charge in [-0.1, -0.05) is 12.1 Å². The molecule has 0 aromatic heterocycles. The lowest BCUT2D eigenvalue weighted by Crippen LogP contribution is -2.10. The highest BCUT2D eigenvalue weighted by molar-refractivity contribution is 6.02. The summed E-state index contributed by atoms with van der Waals surface area (Å²) in [6, 6.07) is 4.18. The van der Waals surface area contributed by atoms with Crippen molar-refractivity contribution in [1.29, 1.82) is 0 Å². The minimum absolute atomic E-state index is 0.142. The Morgan fingerprint density at radius 1 is 1.38 bits per heavy atom. The van der Waals surface area contributed by atoms with Gasteiger partial charge in [0.25, 0.3) is 0 Å². The van der Waals surface area contributed by atoms with Gasteiger partial charge in [-0.3, -0.25) is 4.79 Å². The van der Waals surface area contributed by atoms with Gasteiger partial charge < -0.3 is 15.5 Å². The molecule has 0 atom stereocenters. The summed E-state index contributed by atoms with van der Waals surface area (Å²) in [4.78, 5) is 21.4. The molecular weight excluding hydrogens is 210 g/mol. The fraction of sp³-hybridized carbons (Fsp3) is 0.0909. The third-order valence-electron chi connectivity index (χ3n) is 1.83. The zero-order valence-electron chi connectivity index (χ0n) is 8.56. The van der Waals surface area contributed by atoms with E-state index in [4.69, 9.17) is 5.11 Å². The molecule has 0 aliphatic rings. The second-order valence-electron chi connectivity index (χ2n) is 3.14. The second-order valence-corrected chi connectivity index (χ2v) is 3.14. The van der Waals surface area contributed by atoms with Crippen molar-refractivity contribution in [3.8, 4) is 5.75 Å². The third-order valence-corrected chi connectivity index (χ3v) is 1.83. The Morgan fingerprint density at radius 2 is 2.06 bits per heavy atom. The second kappa shape index (κ2) is 4.97. The smallest absolute Gasteiger partial charge is 0.328 e. The normalized spacial score (nSPS) is 10.3. The van der Waals surface area contributed by atoms with Gasteiger partial charge >= 0.3 is 5.97 Å². The fourth-order valence-corrected chi connectivity index (χ4v) is 1.10. The molecule has 1 aromatic rings. The number of carboxylic acids is 1. The molecule has 0 aliphatic carbocycles. The summed E-state index contributed by atoms with van der Waals surface area (Å²) in [7, 11) is 0. The van der Waals surface area contributed by atoms with E-state index in [9.17, 15) is 14.7 Å². The van der Waals surface area contributed by atoms with Crippen molar-refractivity contribution in [2.75, 3.05) is 5.32 Å². The van der Waals surface area contributed by atoms with Gasteiger partial charge in [-0.15, -0.1) is 5.75 Å². The Kier molecular flexibility index (Phi) is 3.66. The molecule has 0 saturated heterocycles. The lowest BCUT2D eigenvalue weighted by Gasteiger charge is -2.10. The Hall–Kier alpha value is -2.30. The number of nitrogens with one attached hydrogen (secondary N) is 1. The molecule has 1 amide bonds. The number of anilines is 1. The molecule has 5 heteroatoms. The highest BCUT2D eigenvalue weighted by Crippen LogP contribution is 2.18. The molecule has 0 unspecified atom stereocenters. The maximum Gasteiger partial charge on any atom is 0.328 e. The van der Waals surface area contributed by atoms with Crippen LogP contribution in [0.5, 0.6) is 5.75 Å². The fourth-order valence-electron chi connectivity index (χ4n) is 1.10. The first kappa shape index (κ1) is 11.8. The highest BCUT2D eigenvalue weighted by Gasteiger charge is 2.01. The number of carbonyl (C=O) groups excluding carboxylic acids is 1. The molecule has 2 N–H and O–H groups in total. The summed E-state index contributed by atoms with van der Waals surface area (Å²) < 4.78 is 0. The van der Waals surface area contributed by atoms with Crippen LogP contribution in [0.4, 0.5) is 5.69 Å². The topological polar surface area (TPSA) is 89.5 Å². The molecule has 0 radical (unpaired) electrons. The Balaban J connectivity index is 2.73. The Labute approximate surface area is 92.0 Å². The van der Waals surface area contributed by atoms with Crippen LogP contribution in [0.3, 0.4) is 0 Å². The zero-order chi connectivity index (χ0) is 12.1. The summed E-state index contributed by atoms with van der Waals surface area (Å²) in [5.74, 6) is -1.89. The van der Waals surface area contributed by atoms with Crippen LogP contribution in [0.2, 0.25) is 0 Å². The molecule has 0 heterocycles. The SMILES string of the molecule is Cc1cc([O-])ccc1NC(=O)/C=C/C(=O)O. The van der Waals surface area contributed by atoms with Crippen LogP contribution < -0.4 is 10.4 Å². The predicted octanol–water partition coefficient (Wildman–Crippen LogP) is 0.648. The van der Waals surface area contributed by atoms with Gasteiger partial charge in [0.1, 0.15) is 0 Å². The summed E-state index contributed by atoms with van der Waals surface area (Å²) in [5, 5.41) is 21.7. The molecule has 5 nitrogen and oxygen atoms in total. The standard InChI is InChI=1S/C11H11NO4/c1-7-6-8(13)2-3-9(7)12-10(14)4-5-11(15)16/h2-6,13H,1H3,(H,12,14)(H,15,16)/p-1/b5-4+. The van der Waals surface area contributed by atoms with Gasteiger partial charge in [0.2, 0.25) is 5.91 Å². The minimum atomic E-state index is -1.19. The summed E-state index contributed by atoms with van der Waals surface area (Å²) >= 11 is 0. The van der Waals surface area contributed by atoms with Crippen molar-refractivity contribution < 1.29 is 19.8 Å². The molecular formula is C11H10NO4-. The molecule has 0 aliphatic heterocycles. The number of rotatable bonds is 3. The van der Waals surface area contributed by atoms with Crippen LogP contribution in [0, 0.1) is 6.92 Å². The van der Waals surface area contributed by atoms with Crippen molar-refractivity contribution >= 4 is 17.6 Å². The Morgan fingerprint density at radius 3 is 2.62 bits per heavy atom. The van der Waals surface area contributed by atoms with Crippen molar-refractivity contribution in [3.05, 3.63) is 35.9 Å². The van der Waals surface area contributed by atoms with Crippen LogP contribution in [0.15, 0.2) is 30.4 Å². The van der Waals surface area contributed by atoms with Crippen LogP contribution in [0.1, 0.15) is 5.56 Å². The van der Waals surface area contributed by atoms with E-state index in [1.54, 1.807) is 6.92 Å². The number of aliphatic carboxylic acids is 1. The largest absolute Gasteiger partial charge is 0.872 e. The molecule has 1 rings (SSSR count). The first-order valence-electron chi connectivity index (χ1n) is 4.48. The molecule has 84 valence electrons. The Bertz CT molecular complexity index is 451. The first-order valence-corrected chi connectivity index (χ1v) is 4.48. The summed E-state index contributed by atoms with van der Waals surface area (Å²) in [6.07, 6.45) is 1.65. The van der Waals surface area contributed by atoms with E-state index >= 15 is 0 Å². The van der Waals surface area contributed by atoms with Crippen LogP contribution in [-0.4, -0.2) is 17.0 Å². The molecule has 1 aromatic carbocycles. The molecule has 0 spiro atoms. The monoisotopic (exact) mass is 220 g/mol. The van der Waals surface area contributed by atoms with Gasteiger partial charge in [-0.2, -0.15) is 0 Å². The van der Waals surface area contributed by atoms with Gasteiger partial charge in [0.15, 0.2) is 0 Å². The first-order chi connectivity index (χ1) is 7.49. The van der Waals surface area contributed by atoms with Crippen molar-refractivity contribution in [2.24, 2.45) is 0 Å². The summed E-state index contributed by atoms with van der Waals surface area (Å²) in [5.41, 5.74) is 1.12. The van der Waals surface area contributed by atoms with E-state index in [0.29, 0.717) is 11.3 Å². The van der Waals surface area contributed by atoms with E-state index in [1.165, 1.54) is 18.2 Å². The van der Waals surface area contributed by atoms with Crippen molar-refractivity contribution in [2.45, 2.75) is 6.92 Å². The number of hydrogen-bond donors (Lipinski definition) is 2. The van der Waals surface area contributed by atoms with Gasteiger partial charge in [-0.25, -0.2) is 4.79 Å². The number of carbonyl (C=O) groups is 2. The van der Waals surface area contributed by atoms with Gasteiger partial charge in [0.05, 0.1) is 0 Å². The van der Waals surface area contributed by atoms with Crippen LogP contribution in [0.25, 0.3) is 0 Å². The zero-order valence-corrected chi connectivity index (χ0v) is 8.56. The van der Waals surface area contributed by atoms with E-state index in [0.717, 1.165) is 12.2 Å². The molecule has 0 fully saturated rings. The lowest BCUT2D eigenvalue weighted by molar-refractivity contribution is -0.268. The average Bonchev–Trinajstić information content (AvgIpc) is 2.19. The van der Waals surface area contributed by atoms with Crippen molar-refractivity contribution in [1.82, 2.24) is 0 Å².